The Morgan fingerprint density at radius 2 is 2.11 bits per heavy atom. The van der Waals surface area contributed by atoms with Gasteiger partial charge in [0.1, 0.15) is 5.58 Å². The van der Waals surface area contributed by atoms with Crippen LogP contribution in [0.1, 0.15) is 10.4 Å². The van der Waals surface area contributed by atoms with Gasteiger partial charge >= 0.3 is 5.97 Å². The summed E-state index contributed by atoms with van der Waals surface area (Å²) in [6.45, 7) is 0. The number of hydrogen-bond acceptors (Lipinski definition) is 3. The fourth-order valence-electron chi connectivity index (χ4n) is 1.95. The molecule has 94 valence electrons. The van der Waals surface area contributed by atoms with E-state index in [2.05, 4.69) is 4.98 Å². The summed E-state index contributed by atoms with van der Waals surface area (Å²) in [6, 6.07) is 8.14. The second-order valence-corrected chi connectivity index (χ2v) is 4.40. The van der Waals surface area contributed by atoms with Crippen LogP contribution in [-0.2, 0) is 0 Å². The van der Waals surface area contributed by atoms with E-state index in [9.17, 15) is 4.79 Å². The maximum absolute atomic E-state index is 10.9. The van der Waals surface area contributed by atoms with Crippen LogP contribution in [0, 0.1) is 0 Å². The first-order valence-electron chi connectivity index (χ1n) is 5.52. The Balaban J connectivity index is 2.22. The largest absolute Gasteiger partial charge is 0.478 e. The highest BCUT2D eigenvalue weighted by molar-refractivity contribution is 6.34. The molecule has 0 bridgehead atoms. The molecule has 3 rings (SSSR count). The fraction of sp³-hybridized carbons (Fsp3) is 0. The number of rotatable bonds is 2. The van der Waals surface area contributed by atoms with E-state index in [1.54, 1.807) is 30.7 Å². The van der Waals surface area contributed by atoms with Gasteiger partial charge in [0.2, 0.25) is 0 Å². The van der Waals surface area contributed by atoms with Gasteiger partial charge in [-0.2, -0.15) is 0 Å². The van der Waals surface area contributed by atoms with E-state index in [4.69, 9.17) is 21.1 Å². The van der Waals surface area contributed by atoms with Crippen LogP contribution in [0.25, 0.3) is 22.2 Å². The zero-order valence-electron chi connectivity index (χ0n) is 9.63. The molecule has 0 saturated heterocycles. The van der Waals surface area contributed by atoms with Crippen molar-refractivity contribution in [3.05, 3.63) is 53.4 Å². The maximum atomic E-state index is 10.9. The van der Waals surface area contributed by atoms with Gasteiger partial charge in [0.15, 0.2) is 0 Å². The van der Waals surface area contributed by atoms with E-state index in [1.807, 2.05) is 0 Å². The van der Waals surface area contributed by atoms with Gasteiger partial charge in [0.25, 0.3) is 0 Å². The third kappa shape index (κ3) is 1.96. The number of carboxylic acid groups (broad SMARTS) is 1. The number of hydrogen-bond donors (Lipinski definition) is 1. The molecule has 2 heterocycles. The number of aromatic carboxylic acids is 1. The smallest absolute Gasteiger partial charge is 0.335 e. The zero-order chi connectivity index (χ0) is 13.4. The summed E-state index contributed by atoms with van der Waals surface area (Å²) < 4.78 is 5.30. The number of carboxylic acids is 1. The average Bonchev–Trinajstić information content (AvgIpc) is 2.86. The molecule has 0 amide bonds. The molecule has 0 spiro atoms. The number of aromatic nitrogens is 1. The third-order valence-corrected chi connectivity index (χ3v) is 3.16. The monoisotopic (exact) mass is 273 g/mol. The first-order valence-corrected chi connectivity index (χ1v) is 5.90. The molecule has 0 aliphatic carbocycles. The summed E-state index contributed by atoms with van der Waals surface area (Å²) in [6.07, 6.45) is 3.21. The summed E-state index contributed by atoms with van der Waals surface area (Å²) in [5, 5.41) is 10.1. The molecule has 1 N–H and O–H groups in total. The van der Waals surface area contributed by atoms with E-state index in [0.29, 0.717) is 21.9 Å². The maximum Gasteiger partial charge on any atom is 0.335 e. The van der Waals surface area contributed by atoms with Crippen LogP contribution in [0.3, 0.4) is 0 Å². The average molecular weight is 274 g/mol. The lowest BCUT2D eigenvalue weighted by Gasteiger charge is -2.05. The van der Waals surface area contributed by atoms with E-state index < -0.39 is 5.97 Å². The molecule has 0 fully saturated rings. The topological polar surface area (TPSA) is 63.3 Å². The van der Waals surface area contributed by atoms with Crippen LogP contribution >= 0.6 is 11.6 Å². The molecule has 0 saturated carbocycles. The number of nitrogens with zero attached hydrogens (tertiary/aromatic N) is 1. The van der Waals surface area contributed by atoms with Crippen LogP contribution < -0.4 is 0 Å². The molecular weight excluding hydrogens is 266 g/mol. The second-order valence-electron chi connectivity index (χ2n) is 3.99. The molecule has 3 aromatic rings. The molecule has 2 aromatic heterocycles. The summed E-state index contributed by atoms with van der Waals surface area (Å²) in [7, 11) is 0. The number of furan rings is 1. The highest BCUT2D eigenvalue weighted by Crippen LogP contribution is 2.32. The molecule has 0 aliphatic rings. The van der Waals surface area contributed by atoms with Crippen LogP contribution in [0.4, 0.5) is 0 Å². The van der Waals surface area contributed by atoms with Gasteiger partial charge in [-0.15, -0.1) is 0 Å². The minimum atomic E-state index is -1.01. The molecule has 1 aromatic carbocycles. The first-order chi connectivity index (χ1) is 9.16. The van der Waals surface area contributed by atoms with Crippen molar-refractivity contribution in [3.8, 4) is 11.3 Å². The Kier molecular flexibility index (Phi) is 2.72. The zero-order valence-corrected chi connectivity index (χ0v) is 10.4. The van der Waals surface area contributed by atoms with Gasteiger partial charge in [-0.25, -0.2) is 4.79 Å². The Bertz CT molecular complexity index is 779. The molecule has 5 heteroatoms. The van der Waals surface area contributed by atoms with Crippen molar-refractivity contribution >= 4 is 28.5 Å². The fourth-order valence-corrected chi connectivity index (χ4v) is 2.22. The van der Waals surface area contributed by atoms with Crippen molar-refractivity contribution in [1.82, 2.24) is 4.98 Å². The van der Waals surface area contributed by atoms with Gasteiger partial charge in [-0.3, -0.25) is 4.98 Å². The molecule has 0 unspecified atom stereocenters. The van der Waals surface area contributed by atoms with E-state index in [-0.39, 0.29) is 5.56 Å². The summed E-state index contributed by atoms with van der Waals surface area (Å²) >= 11 is 6.14. The highest BCUT2D eigenvalue weighted by atomic mass is 35.5. The summed E-state index contributed by atoms with van der Waals surface area (Å²) in [5.41, 5.74) is 2.21. The minimum Gasteiger partial charge on any atom is -0.478 e. The highest BCUT2D eigenvalue weighted by Gasteiger charge is 2.13. The van der Waals surface area contributed by atoms with Crippen molar-refractivity contribution in [2.75, 3.05) is 0 Å². The Labute approximate surface area is 113 Å². The first kappa shape index (κ1) is 11.7. The number of fused-ring (bicyclic) bond motifs is 1. The lowest BCUT2D eigenvalue weighted by Crippen LogP contribution is -1.96. The molecule has 0 atom stereocenters. The number of benzene rings is 1. The third-order valence-electron chi connectivity index (χ3n) is 2.85. The molecule has 19 heavy (non-hydrogen) atoms. The number of pyridine rings is 1. The van der Waals surface area contributed by atoms with Crippen LogP contribution in [0.2, 0.25) is 5.02 Å². The molecule has 0 aliphatic heterocycles. The SMILES string of the molecule is O=C(O)c1ccc(-c2nccc3occc23)c(Cl)c1. The van der Waals surface area contributed by atoms with Gasteiger partial charge in [-0.1, -0.05) is 17.7 Å². The predicted molar refractivity (Wildman–Crippen MR) is 71.4 cm³/mol. The summed E-state index contributed by atoms with van der Waals surface area (Å²) in [4.78, 5) is 15.2. The standard InChI is InChI=1S/C14H8ClNO3/c15-11-7-8(14(17)18)1-2-9(11)13-10-4-6-19-12(10)3-5-16-13/h1-7H,(H,17,18). The quantitative estimate of drug-likeness (QED) is 0.770. The number of halogens is 1. The summed E-state index contributed by atoms with van der Waals surface area (Å²) in [5.74, 6) is -1.01. The van der Waals surface area contributed by atoms with Crippen LogP contribution in [0.15, 0.2) is 47.2 Å². The van der Waals surface area contributed by atoms with Crippen molar-refractivity contribution in [2.24, 2.45) is 0 Å². The van der Waals surface area contributed by atoms with Crippen molar-refractivity contribution < 1.29 is 14.3 Å². The molecule has 4 nitrogen and oxygen atoms in total. The van der Waals surface area contributed by atoms with Crippen molar-refractivity contribution in [1.29, 1.82) is 0 Å². The molecule has 0 radical (unpaired) electrons. The normalized spacial score (nSPS) is 10.8. The van der Waals surface area contributed by atoms with Gasteiger partial charge in [0, 0.05) is 17.1 Å². The van der Waals surface area contributed by atoms with Gasteiger partial charge < -0.3 is 9.52 Å². The lowest BCUT2D eigenvalue weighted by atomic mass is 10.1. The lowest BCUT2D eigenvalue weighted by molar-refractivity contribution is 0.0697. The van der Waals surface area contributed by atoms with E-state index in [0.717, 1.165) is 5.39 Å². The predicted octanol–water partition coefficient (Wildman–Crippen LogP) is 3.85. The number of carbonyl (C=O) groups is 1. The van der Waals surface area contributed by atoms with Crippen LogP contribution in [-0.4, -0.2) is 16.1 Å². The van der Waals surface area contributed by atoms with Gasteiger partial charge in [-0.05, 0) is 24.3 Å². The van der Waals surface area contributed by atoms with Gasteiger partial charge in [0.05, 0.1) is 22.5 Å². The van der Waals surface area contributed by atoms with E-state index in [1.165, 1.54) is 12.1 Å². The second kappa shape index (κ2) is 4.40. The van der Waals surface area contributed by atoms with E-state index >= 15 is 0 Å². The van der Waals surface area contributed by atoms with Crippen molar-refractivity contribution in [3.63, 3.8) is 0 Å². The molecular formula is C14H8ClNO3. The minimum absolute atomic E-state index is 0.146. The van der Waals surface area contributed by atoms with Crippen molar-refractivity contribution in [2.45, 2.75) is 0 Å². The Hall–Kier alpha value is -2.33. The Morgan fingerprint density at radius 3 is 2.84 bits per heavy atom. The van der Waals surface area contributed by atoms with Crippen LogP contribution in [0.5, 0.6) is 0 Å². The Morgan fingerprint density at radius 1 is 1.26 bits per heavy atom.